The van der Waals surface area contributed by atoms with Crippen LogP contribution in [0.15, 0.2) is 12.1 Å². The molecule has 1 atom stereocenters. The van der Waals surface area contributed by atoms with E-state index in [1.54, 1.807) is 0 Å². The molecular weight excluding hydrogens is 217 g/mol. The first kappa shape index (κ1) is 10.7. The number of nitrogens with one attached hydrogen (secondary N) is 1. The van der Waals surface area contributed by atoms with E-state index in [0.29, 0.717) is 17.4 Å². The fourth-order valence-corrected chi connectivity index (χ4v) is 2.00. The Morgan fingerprint density at radius 2 is 2.40 bits per heavy atom. The summed E-state index contributed by atoms with van der Waals surface area (Å²) in [6.07, 6.45) is 1.04. The highest BCUT2D eigenvalue weighted by Crippen LogP contribution is 2.38. The topological polar surface area (TPSA) is 21.3 Å². The monoisotopic (exact) mass is 229 g/mol. The summed E-state index contributed by atoms with van der Waals surface area (Å²) in [7, 11) is 0. The number of benzene rings is 1. The van der Waals surface area contributed by atoms with Gasteiger partial charge >= 0.3 is 0 Å². The second kappa shape index (κ2) is 4.37. The Kier molecular flexibility index (Phi) is 3.12. The minimum Gasteiger partial charge on any atom is -0.490 e. The van der Waals surface area contributed by atoms with E-state index in [9.17, 15) is 4.39 Å². The van der Waals surface area contributed by atoms with E-state index >= 15 is 0 Å². The molecule has 4 heteroatoms. The molecule has 0 radical (unpaired) electrons. The van der Waals surface area contributed by atoms with E-state index in [0.717, 1.165) is 18.5 Å². The number of fused-ring (bicyclic) bond motifs is 1. The Morgan fingerprint density at radius 1 is 1.60 bits per heavy atom. The zero-order valence-electron chi connectivity index (χ0n) is 8.52. The lowest BCUT2D eigenvalue weighted by molar-refractivity contribution is 0.311. The third-order valence-electron chi connectivity index (χ3n) is 2.45. The van der Waals surface area contributed by atoms with Gasteiger partial charge in [-0.1, -0.05) is 18.5 Å². The van der Waals surface area contributed by atoms with Crippen LogP contribution in [0.25, 0.3) is 0 Å². The summed E-state index contributed by atoms with van der Waals surface area (Å²) >= 11 is 5.88. The highest BCUT2D eigenvalue weighted by Gasteiger charge is 2.26. The van der Waals surface area contributed by atoms with E-state index in [1.165, 1.54) is 12.1 Å². The molecule has 1 aliphatic heterocycles. The van der Waals surface area contributed by atoms with Gasteiger partial charge in [-0.3, -0.25) is 0 Å². The molecule has 0 spiro atoms. The van der Waals surface area contributed by atoms with Crippen molar-refractivity contribution in [3.63, 3.8) is 0 Å². The largest absolute Gasteiger partial charge is 0.490 e. The molecule has 1 N–H and O–H groups in total. The summed E-state index contributed by atoms with van der Waals surface area (Å²) < 4.78 is 18.6. The minimum absolute atomic E-state index is 0.0631. The van der Waals surface area contributed by atoms with Crippen molar-refractivity contribution in [3.05, 3.63) is 28.5 Å². The van der Waals surface area contributed by atoms with E-state index in [-0.39, 0.29) is 11.9 Å². The Labute approximate surface area is 93.4 Å². The first-order valence-corrected chi connectivity index (χ1v) is 5.45. The molecule has 1 aromatic carbocycles. The van der Waals surface area contributed by atoms with Crippen LogP contribution in [0.2, 0.25) is 5.02 Å². The standard InChI is InChI=1S/C11H13ClFNO/c1-2-3-14-10-6-15-11-8(10)4-7(13)5-9(11)12/h4-5,10,14H,2-3,6H2,1H3. The summed E-state index contributed by atoms with van der Waals surface area (Å²) in [6.45, 7) is 3.50. The maximum Gasteiger partial charge on any atom is 0.143 e. The van der Waals surface area contributed by atoms with E-state index in [1.807, 2.05) is 0 Å². The van der Waals surface area contributed by atoms with Crippen molar-refractivity contribution in [2.45, 2.75) is 19.4 Å². The van der Waals surface area contributed by atoms with Gasteiger partial charge in [0.2, 0.25) is 0 Å². The van der Waals surface area contributed by atoms with E-state index < -0.39 is 0 Å². The van der Waals surface area contributed by atoms with Gasteiger partial charge in [0, 0.05) is 5.56 Å². The lowest BCUT2D eigenvalue weighted by Crippen LogP contribution is -2.23. The molecule has 0 fully saturated rings. The summed E-state index contributed by atoms with van der Waals surface area (Å²) in [5, 5.41) is 3.64. The Hall–Kier alpha value is -0.800. The summed E-state index contributed by atoms with van der Waals surface area (Å²) in [6, 6.07) is 2.83. The second-order valence-corrected chi connectivity index (χ2v) is 4.03. The van der Waals surface area contributed by atoms with Crippen LogP contribution in [-0.2, 0) is 0 Å². The van der Waals surface area contributed by atoms with Crippen molar-refractivity contribution in [2.24, 2.45) is 0 Å². The van der Waals surface area contributed by atoms with Gasteiger partial charge in [0.1, 0.15) is 18.2 Å². The van der Waals surface area contributed by atoms with Gasteiger partial charge in [0.05, 0.1) is 11.1 Å². The van der Waals surface area contributed by atoms with Gasteiger partial charge in [-0.2, -0.15) is 0 Å². The van der Waals surface area contributed by atoms with Crippen molar-refractivity contribution in [3.8, 4) is 5.75 Å². The van der Waals surface area contributed by atoms with Crippen LogP contribution in [0.5, 0.6) is 5.75 Å². The third kappa shape index (κ3) is 2.08. The van der Waals surface area contributed by atoms with Gasteiger partial charge in [0.25, 0.3) is 0 Å². The van der Waals surface area contributed by atoms with Crippen molar-refractivity contribution in [1.29, 1.82) is 0 Å². The lowest BCUT2D eigenvalue weighted by Gasteiger charge is -2.10. The molecule has 1 aromatic rings. The maximum atomic E-state index is 13.2. The number of ether oxygens (including phenoxy) is 1. The molecule has 1 aliphatic rings. The van der Waals surface area contributed by atoms with Crippen molar-refractivity contribution in [2.75, 3.05) is 13.2 Å². The molecule has 0 saturated heterocycles. The van der Waals surface area contributed by atoms with Crippen molar-refractivity contribution < 1.29 is 9.13 Å². The molecule has 0 aliphatic carbocycles. The zero-order chi connectivity index (χ0) is 10.8. The average Bonchev–Trinajstić information content (AvgIpc) is 2.58. The molecule has 2 rings (SSSR count). The quantitative estimate of drug-likeness (QED) is 0.861. The third-order valence-corrected chi connectivity index (χ3v) is 2.73. The molecule has 15 heavy (non-hydrogen) atoms. The maximum absolute atomic E-state index is 13.2. The van der Waals surface area contributed by atoms with Gasteiger partial charge in [-0.05, 0) is 25.1 Å². The molecule has 2 nitrogen and oxygen atoms in total. The predicted molar refractivity (Wildman–Crippen MR) is 57.9 cm³/mol. The van der Waals surface area contributed by atoms with Gasteiger partial charge in [-0.15, -0.1) is 0 Å². The fraction of sp³-hybridized carbons (Fsp3) is 0.455. The van der Waals surface area contributed by atoms with Crippen molar-refractivity contribution in [1.82, 2.24) is 5.32 Å². The summed E-state index contributed by atoms with van der Waals surface area (Å²) in [4.78, 5) is 0. The molecule has 0 amide bonds. The molecule has 0 bridgehead atoms. The summed E-state index contributed by atoms with van der Waals surface area (Å²) in [5.41, 5.74) is 0.827. The van der Waals surface area contributed by atoms with Gasteiger partial charge in [-0.25, -0.2) is 4.39 Å². The number of rotatable bonds is 3. The molecule has 82 valence electrons. The normalized spacial score (nSPS) is 18.7. The van der Waals surface area contributed by atoms with Crippen LogP contribution in [0.4, 0.5) is 4.39 Å². The number of hydrogen-bond acceptors (Lipinski definition) is 2. The lowest BCUT2D eigenvalue weighted by atomic mass is 10.1. The van der Waals surface area contributed by atoms with Crippen LogP contribution in [0.3, 0.4) is 0 Å². The Balaban J connectivity index is 2.25. The smallest absolute Gasteiger partial charge is 0.143 e. The average molecular weight is 230 g/mol. The van der Waals surface area contributed by atoms with Crippen LogP contribution in [0, 0.1) is 5.82 Å². The fourth-order valence-electron chi connectivity index (χ4n) is 1.74. The summed E-state index contributed by atoms with van der Waals surface area (Å²) in [5.74, 6) is 0.305. The highest BCUT2D eigenvalue weighted by molar-refractivity contribution is 6.32. The first-order chi connectivity index (χ1) is 7.22. The van der Waals surface area contributed by atoms with Crippen LogP contribution in [0.1, 0.15) is 24.9 Å². The van der Waals surface area contributed by atoms with Crippen LogP contribution in [-0.4, -0.2) is 13.2 Å². The van der Waals surface area contributed by atoms with E-state index in [2.05, 4.69) is 12.2 Å². The van der Waals surface area contributed by atoms with Gasteiger partial charge < -0.3 is 10.1 Å². The number of halogens is 2. The second-order valence-electron chi connectivity index (χ2n) is 3.62. The van der Waals surface area contributed by atoms with Gasteiger partial charge in [0.15, 0.2) is 0 Å². The minimum atomic E-state index is -0.312. The molecule has 1 unspecified atom stereocenters. The molecule has 0 saturated carbocycles. The zero-order valence-corrected chi connectivity index (χ0v) is 9.27. The molecule has 0 aromatic heterocycles. The number of hydrogen-bond donors (Lipinski definition) is 1. The first-order valence-electron chi connectivity index (χ1n) is 5.07. The Morgan fingerprint density at radius 3 is 3.13 bits per heavy atom. The van der Waals surface area contributed by atoms with Crippen molar-refractivity contribution >= 4 is 11.6 Å². The predicted octanol–water partition coefficient (Wildman–Crippen LogP) is 2.91. The van der Waals surface area contributed by atoms with E-state index in [4.69, 9.17) is 16.3 Å². The molecule has 1 heterocycles. The highest BCUT2D eigenvalue weighted by atomic mass is 35.5. The van der Waals surface area contributed by atoms with Crippen LogP contribution < -0.4 is 10.1 Å². The molecular formula is C11H13ClFNO. The Bertz CT molecular complexity index is 370. The van der Waals surface area contributed by atoms with Crippen LogP contribution >= 0.6 is 11.6 Å². The SMILES string of the molecule is CCCNC1COc2c(Cl)cc(F)cc21.